The number of aryl methyl sites for hydroxylation is 1. The molecule has 3 heterocycles. The van der Waals surface area contributed by atoms with E-state index in [-0.39, 0.29) is 28.3 Å². The molecule has 1 unspecified atom stereocenters. The van der Waals surface area contributed by atoms with E-state index < -0.39 is 10.0 Å². The zero-order chi connectivity index (χ0) is 27.6. The number of ether oxygens (including phenoxy) is 5. The predicted molar refractivity (Wildman–Crippen MR) is 142 cm³/mol. The second-order valence-corrected chi connectivity index (χ2v) is 10.3. The van der Waals surface area contributed by atoms with Crippen LogP contribution >= 0.6 is 0 Å². The molecule has 39 heavy (non-hydrogen) atoms. The molecule has 1 saturated heterocycles. The summed E-state index contributed by atoms with van der Waals surface area (Å²) in [4.78, 5) is -0.195. The fourth-order valence-electron chi connectivity index (χ4n) is 4.26. The third-order valence-electron chi connectivity index (χ3n) is 6.24. The van der Waals surface area contributed by atoms with Crippen LogP contribution in [0.25, 0.3) is 11.0 Å². The summed E-state index contributed by atoms with van der Waals surface area (Å²) < 4.78 is 62.9. The van der Waals surface area contributed by atoms with Gasteiger partial charge in [-0.05, 0) is 30.2 Å². The molecule has 5 rings (SSSR count). The lowest BCUT2D eigenvalue weighted by molar-refractivity contribution is -0.0902. The molecule has 0 bridgehead atoms. The van der Waals surface area contributed by atoms with Gasteiger partial charge in [-0.25, -0.2) is 8.42 Å². The third-order valence-corrected chi connectivity index (χ3v) is 7.64. The maximum atomic E-state index is 13.6. The Balaban J connectivity index is 1.48. The highest BCUT2D eigenvalue weighted by molar-refractivity contribution is 7.93. The number of H-pyrrole nitrogens is 1. The quantitative estimate of drug-likeness (QED) is 0.260. The number of methoxy groups -OCH3 is 3. The molecule has 0 saturated carbocycles. The molecule has 0 radical (unpaired) electrons. The lowest BCUT2D eigenvalue weighted by Gasteiger charge is -2.25. The first-order valence-corrected chi connectivity index (χ1v) is 13.6. The van der Waals surface area contributed by atoms with Gasteiger partial charge in [0.25, 0.3) is 10.0 Å². The number of rotatable bonds is 10. The summed E-state index contributed by atoms with van der Waals surface area (Å²) in [6.45, 7) is 3.27. The Hall–Kier alpha value is -4.01. The molecular formula is C25H29N5O8S. The van der Waals surface area contributed by atoms with Crippen molar-refractivity contribution < 1.29 is 36.6 Å². The topological polar surface area (TPSA) is 159 Å². The van der Waals surface area contributed by atoms with Gasteiger partial charge in [-0.3, -0.25) is 9.82 Å². The van der Waals surface area contributed by atoms with E-state index in [0.717, 1.165) is 12.1 Å². The van der Waals surface area contributed by atoms with E-state index in [1.165, 1.54) is 21.3 Å². The van der Waals surface area contributed by atoms with Gasteiger partial charge >= 0.3 is 0 Å². The number of benzene rings is 2. The molecule has 2 aromatic heterocycles. The zero-order valence-corrected chi connectivity index (χ0v) is 22.7. The fraction of sp³-hybridized carbons (Fsp3) is 0.360. The van der Waals surface area contributed by atoms with Crippen LogP contribution in [0.4, 0.5) is 17.3 Å². The zero-order valence-electron chi connectivity index (χ0n) is 21.9. The number of sulfonamides is 1. The SMILES string of the molecule is CCc1cc(Nc2cc3onc(NS(=O)(=O)c4c(OC)cc(C5COCCO5)cc4OC)c3cc2OC)n[nH]1. The summed E-state index contributed by atoms with van der Waals surface area (Å²) in [5.41, 5.74) is 2.53. The molecule has 13 nitrogen and oxygen atoms in total. The minimum Gasteiger partial charge on any atom is -0.495 e. The van der Waals surface area contributed by atoms with Gasteiger partial charge in [-0.15, -0.1) is 0 Å². The van der Waals surface area contributed by atoms with E-state index in [9.17, 15) is 8.42 Å². The van der Waals surface area contributed by atoms with Crippen LogP contribution in [0.1, 0.15) is 24.3 Å². The van der Waals surface area contributed by atoms with E-state index >= 15 is 0 Å². The van der Waals surface area contributed by atoms with Crippen molar-refractivity contribution in [3.63, 3.8) is 0 Å². The molecule has 14 heteroatoms. The molecule has 2 aromatic carbocycles. The van der Waals surface area contributed by atoms with Crippen LogP contribution in [0.5, 0.6) is 17.2 Å². The van der Waals surface area contributed by atoms with Crippen molar-refractivity contribution in [3.05, 3.63) is 41.6 Å². The highest BCUT2D eigenvalue weighted by Gasteiger charge is 2.30. The molecule has 1 fully saturated rings. The summed E-state index contributed by atoms with van der Waals surface area (Å²) in [5, 5.41) is 14.7. The van der Waals surface area contributed by atoms with Crippen molar-refractivity contribution >= 4 is 38.3 Å². The van der Waals surface area contributed by atoms with Gasteiger partial charge in [0.1, 0.15) is 23.4 Å². The average molecular weight is 560 g/mol. The number of nitrogens with zero attached hydrogens (tertiary/aromatic N) is 2. The summed E-state index contributed by atoms with van der Waals surface area (Å²) >= 11 is 0. The van der Waals surface area contributed by atoms with Crippen molar-refractivity contribution in [3.8, 4) is 17.2 Å². The lowest BCUT2D eigenvalue weighted by atomic mass is 10.1. The second kappa shape index (κ2) is 11.0. The first-order chi connectivity index (χ1) is 18.9. The normalized spacial score (nSPS) is 15.7. The highest BCUT2D eigenvalue weighted by atomic mass is 32.2. The Labute approximate surface area is 224 Å². The average Bonchev–Trinajstić information content (AvgIpc) is 3.58. The van der Waals surface area contributed by atoms with E-state index in [4.69, 9.17) is 28.2 Å². The fourth-order valence-corrected chi connectivity index (χ4v) is 5.58. The Morgan fingerprint density at radius 3 is 2.38 bits per heavy atom. The van der Waals surface area contributed by atoms with Crippen molar-refractivity contribution in [1.29, 1.82) is 0 Å². The van der Waals surface area contributed by atoms with Crippen LogP contribution in [0.3, 0.4) is 0 Å². The molecule has 208 valence electrons. The van der Waals surface area contributed by atoms with Gasteiger partial charge in [-0.1, -0.05) is 12.1 Å². The molecule has 0 amide bonds. The second-order valence-electron chi connectivity index (χ2n) is 8.63. The summed E-state index contributed by atoms with van der Waals surface area (Å²) in [6.07, 6.45) is 0.424. The van der Waals surface area contributed by atoms with Gasteiger partial charge in [0, 0.05) is 17.8 Å². The number of anilines is 3. The van der Waals surface area contributed by atoms with E-state index in [1.54, 1.807) is 24.3 Å². The van der Waals surface area contributed by atoms with E-state index in [0.29, 0.717) is 53.6 Å². The van der Waals surface area contributed by atoms with Crippen LogP contribution in [-0.2, 0) is 25.9 Å². The molecular weight excluding hydrogens is 530 g/mol. The van der Waals surface area contributed by atoms with Gasteiger partial charge in [0.15, 0.2) is 22.1 Å². The number of aromatic amines is 1. The molecule has 1 aliphatic rings. The predicted octanol–water partition coefficient (Wildman–Crippen LogP) is 3.77. The van der Waals surface area contributed by atoms with Crippen molar-refractivity contribution in [1.82, 2.24) is 15.4 Å². The highest BCUT2D eigenvalue weighted by Crippen LogP contribution is 2.40. The number of nitrogens with one attached hydrogen (secondary N) is 3. The first kappa shape index (κ1) is 26.6. The Bertz CT molecular complexity index is 1550. The maximum absolute atomic E-state index is 13.6. The monoisotopic (exact) mass is 559 g/mol. The van der Waals surface area contributed by atoms with Crippen molar-refractivity contribution in [2.24, 2.45) is 0 Å². The van der Waals surface area contributed by atoms with E-state index in [1.807, 2.05) is 13.0 Å². The molecule has 3 N–H and O–H groups in total. The molecule has 0 aliphatic carbocycles. The Morgan fingerprint density at radius 1 is 1.03 bits per heavy atom. The summed E-state index contributed by atoms with van der Waals surface area (Å²) in [6, 6.07) is 8.34. The standard InChI is InChI=1S/C25H29N5O8S/c1-5-15-10-23(28-27-15)26-17-12-18-16(11-19(17)33-2)25(29-38-18)30-39(31,32)24-20(34-3)8-14(9-21(24)35-4)22-13-36-6-7-37-22/h8-12,22H,5-7,13H2,1-4H3,(H,29,30)(H2,26,27,28). The minimum absolute atomic E-state index is 0.0277. The van der Waals surface area contributed by atoms with Crippen LogP contribution in [0.2, 0.25) is 0 Å². The van der Waals surface area contributed by atoms with Crippen molar-refractivity contribution in [2.75, 3.05) is 51.2 Å². The van der Waals surface area contributed by atoms with Crippen LogP contribution in [-0.4, -0.2) is 64.9 Å². The number of aromatic nitrogens is 3. The molecule has 0 spiro atoms. The van der Waals surface area contributed by atoms with Gasteiger partial charge in [0.2, 0.25) is 0 Å². The van der Waals surface area contributed by atoms with Gasteiger partial charge in [0.05, 0.1) is 52.2 Å². The summed E-state index contributed by atoms with van der Waals surface area (Å²) in [7, 11) is 0.00975. The summed E-state index contributed by atoms with van der Waals surface area (Å²) in [5.74, 6) is 1.15. The van der Waals surface area contributed by atoms with Crippen molar-refractivity contribution in [2.45, 2.75) is 24.3 Å². The maximum Gasteiger partial charge on any atom is 0.270 e. The number of hydrogen-bond acceptors (Lipinski definition) is 11. The molecule has 1 aliphatic heterocycles. The number of hydrogen-bond donors (Lipinski definition) is 3. The Kier molecular flexibility index (Phi) is 7.50. The molecule has 1 atom stereocenters. The van der Waals surface area contributed by atoms with Gasteiger partial charge < -0.3 is 33.5 Å². The molecule has 4 aromatic rings. The Morgan fingerprint density at radius 2 is 1.77 bits per heavy atom. The van der Waals surface area contributed by atoms with E-state index in [2.05, 4.69) is 25.4 Å². The van der Waals surface area contributed by atoms with Crippen LogP contribution < -0.4 is 24.2 Å². The lowest BCUT2D eigenvalue weighted by Crippen LogP contribution is -2.22. The van der Waals surface area contributed by atoms with Crippen LogP contribution in [0, 0.1) is 0 Å². The number of fused-ring (bicyclic) bond motifs is 1. The van der Waals surface area contributed by atoms with Gasteiger partial charge in [-0.2, -0.15) is 5.10 Å². The van der Waals surface area contributed by atoms with Crippen LogP contribution in [0.15, 0.2) is 39.8 Å². The largest absolute Gasteiger partial charge is 0.495 e. The minimum atomic E-state index is -4.25. The third kappa shape index (κ3) is 5.30. The first-order valence-electron chi connectivity index (χ1n) is 12.1. The smallest absolute Gasteiger partial charge is 0.270 e.